The highest BCUT2D eigenvalue weighted by atomic mass is 35.5. The number of carbonyl (C=O) groups is 1. The molecule has 0 saturated heterocycles. The van der Waals surface area contributed by atoms with Crippen LogP contribution in [0, 0.1) is 0 Å². The van der Waals surface area contributed by atoms with E-state index in [0.717, 1.165) is 29.9 Å². The van der Waals surface area contributed by atoms with Gasteiger partial charge in [-0.25, -0.2) is 0 Å². The normalized spacial score (nSPS) is 12.6. The van der Waals surface area contributed by atoms with Crippen LogP contribution >= 0.6 is 11.6 Å². The predicted molar refractivity (Wildman–Crippen MR) is 87.3 cm³/mol. The van der Waals surface area contributed by atoms with Crippen molar-refractivity contribution in [3.05, 3.63) is 64.2 Å². The van der Waals surface area contributed by atoms with Gasteiger partial charge >= 0.3 is 0 Å². The Bertz CT molecular complexity index is 699. The van der Waals surface area contributed by atoms with Gasteiger partial charge in [-0.1, -0.05) is 41.9 Å². The fourth-order valence-corrected chi connectivity index (χ4v) is 2.83. The van der Waals surface area contributed by atoms with Crippen LogP contribution in [0.25, 0.3) is 0 Å². The van der Waals surface area contributed by atoms with Crippen molar-refractivity contribution in [3.63, 3.8) is 0 Å². The monoisotopic (exact) mass is 315 g/mol. The largest absolute Gasteiger partial charge is 0.493 e. The SMILES string of the molecule is CN(Cc1ccccc1Cl)C(=O)Cc1ccc2c(c1)CCO2. The number of amides is 1. The summed E-state index contributed by atoms with van der Waals surface area (Å²) in [5, 5.41) is 0.692. The third-order valence-electron chi connectivity index (χ3n) is 3.90. The maximum Gasteiger partial charge on any atom is 0.227 e. The topological polar surface area (TPSA) is 29.5 Å². The molecule has 1 heterocycles. The van der Waals surface area contributed by atoms with Crippen LogP contribution in [0.3, 0.4) is 0 Å². The molecule has 0 fully saturated rings. The zero-order chi connectivity index (χ0) is 15.5. The summed E-state index contributed by atoms with van der Waals surface area (Å²) in [6.45, 7) is 1.26. The molecular formula is C18H18ClNO2. The molecule has 0 spiro atoms. The second-order valence-electron chi connectivity index (χ2n) is 5.56. The first-order valence-corrected chi connectivity index (χ1v) is 7.73. The van der Waals surface area contributed by atoms with Gasteiger partial charge in [-0.05, 0) is 28.8 Å². The maximum absolute atomic E-state index is 12.4. The third kappa shape index (κ3) is 3.25. The Kier molecular flexibility index (Phi) is 4.34. The Balaban J connectivity index is 1.65. The summed E-state index contributed by atoms with van der Waals surface area (Å²) in [7, 11) is 1.81. The lowest BCUT2D eigenvalue weighted by atomic mass is 10.1. The molecule has 1 aliphatic heterocycles. The van der Waals surface area contributed by atoms with Crippen molar-refractivity contribution in [3.8, 4) is 5.75 Å². The van der Waals surface area contributed by atoms with Gasteiger partial charge < -0.3 is 9.64 Å². The van der Waals surface area contributed by atoms with Gasteiger partial charge in [0, 0.05) is 25.0 Å². The van der Waals surface area contributed by atoms with E-state index in [0.29, 0.717) is 18.0 Å². The molecule has 0 atom stereocenters. The average molecular weight is 316 g/mol. The molecule has 0 radical (unpaired) electrons. The Hall–Kier alpha value is -2.00. The number of carbonyl (C=O) groups excluding carboxylic acids is 1. The summed E-state index contributed by atoms with van der Waals surface area (Å²) in [6, 6.07) is 13.6. The third-order valence-corrected chi connectivity index (χ3v) is 4.27. The molecule has 0 unspecified atom stereocenters. The lowest BCUT2D eigenvalue weighted by Crippen LogP contribution is -2.27. The summed E-state index contributed by atoms with van der Waals surface area (Å²) >= 11 is 6.15. The number of likely N-dealkylation sites (N-methyl/N-ethyl adjacent to an activating group) is 1. The van der Waals surface area contributed by atoms with E-state index in [1.54, 1.807) is 4.90 Å². The van der Waals surface area contributed by atoms with E-state index in [9.17, 15) is 4.79 Å². The number of hydrogen-bond donors (Lipinski definition) is 0. The summed E-state index contributed by atoms with van der Waals surface area (Å²) in [5.41, 5.74) is 3.18. The van der Waals surface area contributed by atoms with E-state index in [4.69, 9.17) is 16.3 Å². The molecule has 0 saturated carbocycles. The molecule has 0 N–H and O–H groups in total. The van der Waals surface area contributed by atoms with Crippen molar-refractivity contribution < 1.29 is 9.53 Å². The molecule has 2 aromatic carbocycles. The Morgan fingerprint density at radius 2 is 2.09 bits per heavy atom. The molecule has 1 amide bonds. The summed E-state index contributed by atoms with van der Waals surface area (Å²) in [4.78, 5) is 14.1. The van der Waals surface area contributed by atoms with E-state index in [1.807, 2.05) is 43.4 Å². The molecule has 0 aromatic heterocycles. The number of halogens is 1. The Morgan fingerprint density at radius 3 is 2.91 bits per heavy atom. The number of nitrogens with zero attached hydrogens (tertiary/aromatic N) is 1. The van der Waals surface area contributed by atoms with Gasteiger partial charge in [0.15, 0.2) is 0 Å². The molecule has 4 heteroatoms. The molecule has 1 aliphatic rings. The highest BCUT2D eigenvalue weighted by molar-refractivity contribution is 6.31. The molecule has 3 nitrogen and oxygen atoms in total. The van der Waals surface area contributed by atoms with Crippen LogP contribution in [0.4, 0.5) is 0 Å². The van der Waals surface area contributed by atoms with E-state index in [2.05, 4.69) is 6.07 Å². The molecular weight excluding hydrogens is 298 g/mol. The van der Waals surface area contributed by atoms with Gasteiger partial charge in [0.1, 0.15) is 5.75 Å². The van der Waals surface area contributed by atoms with E-state index < -0.39 is 0 Å². The number of ether oxygens (including phenoxy) is 1. The first kappa shape index (κ1) is 14.9. The summed E-state index contributed by atoms with van der Waals surface area (Å²) in [5.74, 6) is 1.03. The number of fused-ring (bicyclic) bond motifs is 1. The quantitative estimate of drug-likeness (QED) is 0.864. The highest BCUT2D eigenvalue weighted by Crippen LogP contribution is 2.26. The minimum atomic E-state index is 0.0822. The van der Waals surface area contributed by atoms with Crippen LogP contribution in [-0.2, 0) is 24.2 Å². The molecule has 3 rings (SSSR count). The smallest absolute Gasteiger partial charge is 0.227 e. The van der Waals surface area contributed by atoms with Gasteiger partial charge in [-0.2, -0.15) is 0 Å². The second kappa shape index (κ2) is 6.41. The minimum absolute atomic E-state index is 0.0822. The predicted octanol–water partition coefficient (Wildman–Crippen LogP) is 3.48. The van der Waals surface area contributed by atoms with Crippen LogP contribution in [0.5, 0.6) is 5.75 Å². The van der Waals surface area contributed by atoms with Gasteiger partial charge in [0.2, 0.25) is 5.91 Å². The molecule has 0 bridgehead atoms. The standard InChI is InChI=1S/C18H18ClNO2/c1-20(12-15-4-2-3-5-16(15)19)18(21)11-13-6-7-17-14(10-13)8-9-22-17/h2-7,10H,8-9,11-12H2,1H3. The van der Waals surface area contributed by atoms with Crippen LogP contribution in [-0.4, -0.2) is 24.5 Å². The van der Waals surface area contributed by atoms with Crippen LogP contribution < -0.4 is 4.74 Å². The van der Waals surface area contributed by atoms with Gasteiger partial charge in [-0.3, -0.25) is 4.79 Å². The Labute approximate surface area is 135 Å². The zero-order valence-corrected chi connectivity index (χ0v) is 13.3. The molecule has 2 aromatic rings. The fourth-order valence-electron chi connectivity index (χ4n) is 2.63. The van der Waals surface area contributed by atoms with Crippen molar-refractivity contribution in [2.24, 2.45) is 0 Å². The zero-order valence-electron chi connectivity index (χ0n) is 12.5. The van der Waals surface area contributed by atoms with E-state index in [-0.39, 0.29) is 5.91 Å². The van der Waals surface area contributed by atoms with Crippen molar-refractivity contribution in [1.29, 1.82) is 0 Å². The van der Waals surface area contributed by atoms with Gasteiger partial charge in [0.05, 0.1) is 13.0 Å². The summed E-state index contributed by atoms with van der Waals surface area (Å²) < 4.78 is 5.49. The second-order valence-corrected chi connectivity index (χ2v) is 5.97. The van der Waals surface area contributed by atoms with Crippen molar-refractivity contribution >= 4 is 17.5 Å². The fraction of sp³-hybridized carbons (Fsp3) is 0.278. The first-order valence-electron chi connectivity index (χ1n) is 7.35. The van der Waals surface area contributed by atoms with Gasteiger partial charge in [-0.15, -0.1) is 0 Å². The minimum Gasteiger partial charge on any atom is -0.493 e. The van der Waals surface area contributed by atoms with Gasteiger partial charge in [0.25, 0.3) is 0 Å². The van der Waals surface area contributed by atoms with E-state index >= 15 is 0 Å². The average Bonchev–Trinajstić information content (AvgIpc) is 2.97. The number of rotatable bonds is 4. The molecule has 0 aliphatic carbocycles. The number of hydrogen-bond acceptors (Lipinski definition) is 2. The first-order chi connectivity index (χ1) is 10.6. The lowest BCUT2D eigenvalue weighted by molar-refractivity contribution is -0.129. The van der Waals surface area contributed by atoms with Crippen molar-refractivity contribution in [1.82, 2.24) is 4.90 Å². The van der Waals surface area contributed by atoms with Crippen molar-refractivity contribution in [2.45, 2.75) is 19.4 Å². The van der Waals surface area contributed by atoms with Crippen LogP contribution in [0.1, 0.15) is 16.7 Å². The summed E-state index contributed by atoms with van der Waals surface area (Å²) in [6.07, 6.45) is 1.32. The number of benzene rings is 2. The highest BCUT2D eigenvalue weighted by Gasteiger charge is 2.15. The molecule has 114 valence electrons. The van der Waals surface area contributed by atoms with Crippen LogP contribution in [0.2, 0.25) is 5.02 Å². The Morgan fingerprint density at radius 1 is 1.27 bits per heavy atom. The van der Waals surface area contributed by atoms with E-state index in [1.165, 1.54) is 5.56 Å². The van der Waals surface area contributed by atoms with Crippen LogP contribution in [0.15, 0.2) is 42.5 Å². The maximum atomic E-state index is 12.4. The van der Waals surface area contributed by atoms with Crippen molar-refractivity contribution in [2.75, 3.05) is 13.7 Å². The lowest BCUT2D eigenvalue weighted by Gasteiger charge is -2.18. The molecule has 22 heavy (non-hydrogen) atoms.